The smallest absolute Gasteiger partial charge is 0.180 e. The number of sulfone groups is 1. The zero-order chi connectivity index (χ0) is 13.6. The van der Waals surface area contributed by atoms with E-state index in [9.17, 15) is 8.42 Å². The average Bonchev–Trinajstić information content (AvgIpc) is 2.36. The normalized spacial score (nSPS) is 11.5. The van der Waals surface area contributed by atoms with E-state index in [0.717, 1.165) is 18.7 Å². The summed E-state index contributed by atoms with van der Waals surface area (Å²) in [6, 6.07) is 7.15. The van der Waals surface area contributed by atoms with E-state index in [1.165, 1.54) is 0 Å². The molecule has 4 nitrogen and oxygen atoms in total. The van der Waals surface area contributed by atoms with Gasteiger partial charge < -0.3 is 10.6 Å². The highest BCUT2D eigenvalue weighted by molar-refractivity contribution is 7.91. The SMILES string of the molecule is CCCS(=O)(=O)c1ccccc1N(C)CCCN. The van der Waals surface area contributed by atoms with Crippen molar-refractivity contribution >= 4 is 15.5 Å². The number of nitrogens with two attached hydrogens (primary N) is 1. The van der Waals surface area contributed by atoms with Crippen molar-refractivity contribution in [3.63, 3.8) is 0 Å². The molecule has 0 bridgehead atoms. The standard InChI is InChI=1S/C13H22N2O2S/c1-3-11-18(16,17)13-8-5-4-7-12(13)15(2)10-6-9-14/h4-5,7-8H,3,6,9-11,14H2,1-2H3. The maximum atomic E-state index is 12.2. The minimum atomic E-state index is -3.18. The Labute approximate surface area is 110 Å². The molecule has 0 amide bonds. The number of rotatable bonds is 7. The molecule has 0 unspecified atom stereocenters. The summed E-state index contributed by atoms with van der Waals surface area (Å²) in [6.45, 7) is 3.24. The summed E-state index contributed by atoms with van der Waals surface area (Å²) in [5, 5.41) is 0. The first-order valence-electron chi connectivity index (χ1n) is 6.26. The number of para-hydroxylation sites is 1. The first-order chi connectivity index (χ1) is 8.53. The van der Waals surface area contributed by atoms with Gasteiger partial charge in [-0.25, -0.2) is 8.42 Å². The molecule has 0 aliphatic carbocycles. The fourth-order valence-corrected chi connectivity index (χ4v) is 3.45. The number of hydrogen-bond acceptors (Lipinski definition) is 4. The van der Waals surface area contributed by atoms with E-state index in [1.54, 1.807) is 12.1 Å². The lowest BCUT2D eigenvalue weighted by Gasteiger charge is -2.22. The number of benzene rings is 1. The lowest BCUT2D eigenvalue weighted by Crippen LogP contribution is -2.23. The van der Waals surface area contributed by atoms with E-state index < -0.39 is 9.84 Å². The molecule has 0 aromatic heterocycles. The van der Waals surface area contributed by atoms with Crippen LogP contribution in [0.5, 0.6) is 0 Å². The minimum absolute atomic E-state index is 0.189. The Hall–Kier alpha value is -1.07. The molecule has 18 heavy (non-hydrogen) atoms. The molecule has 0 atom stereocenters. The molecule has 5 heteroatoms. The third kappa shape index (κ3) is 3.71. The quantitative estimate of drug-likeness (QED) is 0.818. The molecule has 2 N–H and O–H groups in total. The Morgan fingerprint density at radius 3 is 2.56 bits per heavy atom. The van der Waals surface area contributed by atoms with Crippen LogP contribution >= 0.6 is 0 Å². The van der Waals surface area contributed by atoms with Gasteiger partial charge in [0.05, 0.1) is 16.3 Å². The fraction of sp³-hybridized carbons (Fsp3) is 0.538. The van der Waals surface area contributed by atoms with Crippen LogP contribution in [-0.4, -0.2) is 34.3 Å². The van der Waals surface area contributed by atoms with E-state index >= 15 is 0 Å². The van der Waals surface area contributed by atoms with Crippen molar-refractivity contribution in [1.82, 2.24) is 0 Å². The Morgan fingerprint density at radius 1 is 1.28 bits per heavy atom. The number of anilines is 1. The van der Waals surface area contributed by atoms with E-state index in [1.807, 2.05) is 31.0 Å². The number of nitrogens with zero attached hydrogens (tertiary/aromatic N) is 1. The van der Waals surface area contributed by atoms with Crippen LogP contribution in [0.25, 0.3) is 0 Å². The Kier molecular flexibility index (Phi) is 5.62. The van der Waals surface area contributed by atoms with Crippen molar-refractivity contribution in [3.8, 4) is 0 Å². The minimum Gasteiger partial charge on any atom is -0.373 e. The third-order valence-electron chi connectivity index (χ3n) is 2.78. The lowest BCUT2D eigenvalue weighted by atomic mass is 10.3. The highest BCUT2D eigenvalue weighted by atomic mass is 32.2. The molecule has 0 fully saturated rings. The van der Waals surface area contributed by atoms with E-state index in [4.69, 9.17) is 5.73 Å². The molecule has 0 saturated carbocycles. The molecule has 1 aromatic carbocycles. The Balaban J connectivity index is 3.06. The second kappa shape index (κ2) is 6.75. The summed E-state index contributed by atoms with van der Waals surface area (Å²) >= 11 is 0. The maximum absolute atomic E-state index is 12.2. The summed E-state index contributed by atoms with van der Waals surface area (Å²) in [4.78, 5) is 2.38. The van der Waals surface area contributed by atoms with Crippen molar-refractivity contribution < 1.29 is 8.42 Å². The van der Waals surface area contributed by atoms with Gasteiger partial charge in [0.15, 0.2) is 9.84 Å². The van der Waals surface area contributed by atoms with Crippen LogP contribution in [0.2, 0.25) is 0 Å². The second-order valence-corrected chi connectivity index (χ2v) is 6.43. The predicted octanol–water partition coefficient (Wildman–Crippen LogP) is 1.66. The summed E-state index contributed by atoms with van der Waals surface area (Å²) in [5.41, 5.74) is 6.24. The van der Waals surface area contributed by atoms with Crippen LogP contribution < -0.4 is 10.6 Å². The monoisotopic (exact) mass is 270 g/mol. The van der Waals surface area contributed by atoms with Crippen molar-refractivity contribution in [2.75, 3.05) is 30.8 Å². The van der Waals surface area contributed by atoms with Crippen LogP contribution in [0, 0.1) is 0 Å². The van der Waals surface area contributed by atoms with Gasteiger partial charge in [0.1, 0.15) is 0 Å². The summed E-state index contributed by atoms with van der Waals surface area (Å²) < 4.78 is 24.4. The summed E-state index contributed by atoms with van der Waals surface area (Å²) in [5.74, 6) is 0.189. The predicted molar refractivity (Wildman–Crippen MR) is 75.7 cm³/mol. The molecule has 0 spiro atoms. The zero-order valence-corrected chi connectivity index (χ0v) is 11.9. The van der Waals surface area contributed by atoms with Crippen LogP contribution in [-0.2, 0) is 9.84 Å². The summed E-state index contributed by atoms with van der Waals surface area (Å²) in [6.07, 6.45) is 1.47. The zero-order valence-electron chi connectivity index (χ0n) is 11.1. The molecule has 1 rings (SSSR count). The van der Waals surface area contributed by atoms with Crippen LogP contribution in [0.3, 0.4) is 0 Å². The van der Waals surface area contributed by atoms with Gasteiger partial charge in [0, 0.05) is 13.6 Å². The van der Waals surface area contributed by atoms with E-state index in [0.29, 0.717) is 17.9 Å². The first kappa shape index (κ1) is 15.0. The van der Waals surface area contributed by atoms with Gasteiger partial charge >= 0.3 is 0 Å². The topological polar surface area (TPSA) is 63.4 Å². The van der Waals surface area contributed by atoms with E-state index in [2.05, 4.69) is 0 Å². The van der Waals surface area contributed by atoms with Gasteiger partial charge in [-0.05, 0) is 31.5 Å². The van der Waals surface area contributed by atoms with Crippen LogP contribution in [0.4, 0.5) is 5.69 Å². The van der Waals surface area contributed by atoms with Gasteiger partial charge in [0.2, 0.25) is 0 Å². The van der Waals surface area contributed by atoms with Gasteiger partial charge in [-0.2, -0.15) is 0 Å². The van der Waals surface area contributed by atoms with Crippen molar-refractivity contribution in [3.05, 3.63) is 24.3 Å². The molecule has 0 saturated heterocycles. The van der Waals surface area contributed by atoms with E-state index in [-0.39, 0.29) is 5.75 Å². The van der Waals surface area contributed by atoms with Crippen molar-refractivity contribution in [1.29, 1.82) is 0 Å². The highest BCUT2D eigenvalue weighted by Gasteiger charge is 2.19. The van der Waals surface area contributed by atoms with Gasteiger partial charge in [0.25, 0.3) is 0 Å². The molecule has 1 aromatic rings. The summed E-state index contributed by atoms with van der Waals surface area (Å²) in [7, 11) is -1.29. The second-order valence-electron chi connectivity index (χ2n) is 4.35. The van der Waals surface area contributed by atoms with Crippen LogP contribution in [0.15, 0.2) is 29.2 Å². The molecule has 0 aliphatic rings. The molecule has 0 radical (unpaired) electrons. The molecular formula is C13H22N2O2S. The third-order valence-corrected chi connectivity index (χ3v) is 4.74. The van der Waals surface area contributed by atoms with Gasteiger partial charge in [-0.3, -0.25) is 0 Å². The maximum Gasteiger partial charge on any atom is 0.180 e. The first-order valence-corrected chi connectivity index (χ1v) is 7.91. The highest BCUT2D eigenvalue weighted by Crippen LogP contribution is 2.25. The lowest BCUT2D eigenvalue weighted by molar-refractivity contribution is 0.594. The fourth-order valence-electron chi connectivity index (χ4n) is 1.86. The Morgan fingerprint density at radius 2 is 1.94 bits per heavy atom. The number of hydrogen-bond donors (Lipinski definition) is 1. The molecule has 102 valence electrons. The molecule has 0 aliphatic heterocycles. The van der Waals surface area contributed by atoms with Gasteiger partial charge in [-0.15, -0.1) is 0 Å². The molecular weight excluding hydrogens is 248 g/mol. The Bertz CT molecular complexity index is 472. The largest absolute Gasteiger partial charge is 0.373 e. The van der Waals surface area contributed by atoms with Gasteiger partial charge in [-0.1, -0.05) is 19.1 Å². The average molecular weight is 270 g/mol. The van der Waals surface area contributed by atoms with Crippen molar-refractivity contribution in [2.45, 2.75) is 24.7 Å². The van der Waals surface area contributed by atoms with Crippen LogP contribution in [0.1, 0.15) is 19.8 Å². The van der Waals surface area contributed by atoms with Crippen molar-refractivity contribution in [2.24, 2.45) is 5.73 Å². The molecule has 0 heterocycles.